The summed E-state index contributed by atoms with van der Waals surface area (Å²) >= 11 is -1.82. The summed E-state index contributed by atoms with van der Waals surface area (Å²) in [6.45, 7) is 3.45. The van der Waals surface area contributed by atoms with Gasteiger partial charge in [0.1, 0.15) is 0 Å². The van der Waals surface area contributed by atoms with Gasteiger partial charge in [-0.3, -0.25) is 0 Å². The second-order valence-electron chi connectivity index (χ2n) is 4.77. The molecule has 0 atom stereocenters. The van der Waals surface area contributed by atoms with Crippen molar-refractivity contribution in [1.29, 1.82) is 0 Å². The van der Waals surface area contributed by atoms with Gasteiger partial charge in [-0.25, -0.2) is 0 Å². The summed E-state index contributed by atoms with van der Waals surface area (Å²) in [6.07, 6.45) is 0. The van der Waals surface area contributed by atoms with E-state index in [0.29, 0.717) is 5.76 Å². The van der Waals surface area contributed by atoms with Crippen molar-refractivity contribution >= 4 is 23.1 Å². The van der Waals surface area contributed by atoms with Crippen LogP contribution in [0.4, 0.5) is 0 Å². The summed E-state index contributed by atoms with van der Waals surface area (Å²) in [5.41, 5.74) is 3.11. The first kappa shape index (κ1) is 16.2. The predicted molar refractivity (Wildman–Crippen MR) is 82.1 cm³/mol. The summed E-state index contributed by atoms with van der Waals surface area (Å²) in [6, 6.07) is 17.9. The Labute approximate surface area is 140 Å². The summed E-state index contributed by atoms with van der Waals surface area (Å²) in [5, 5.41) is 0. The molecule has 0 unspecified atom stereocenters. The van der Waals surface area contributed by atoms with E-state index in [1.54, 1.807) is 0 Å². The van der Waals surface area contributed by atoms with Gasteiger partial charge in [0.2, 0.25) is 0 Å². The second-order valence-corrected chi connectivity index (χ2v) is 10.9. The Morgan fingerprint density at radius 3 is 2.14 bits per heavy atom. The number of halogens is 1. The van der Waals surface area contributed by atoms with Crippen LogP contribution in [0.1, 0.15) is 23.6 Å². The fraction of sp³-hybridized carbons (Fsp3) is 0.118. The Bertz CT molecular complexity index is 648. The molecule has 0 aliphatic rings. The molecule has 2 nitrogen and oxygen atoms in total. The third kappa shape index (κ3) is 4.42. The molecule has 0 aromatic heterocycles. The van der Waals surface area contributed by atoms with E-state index >= 15 is 0 Å². The van der Waals surface area contributed by atoms with Crippen LogP contribution in [-0.2, 0) is 32.9 Å². The second kappa shape index (κ2) is 7.76. The summed E-state index contributed by atoms with van der Waals surface area (Å²) in [7, 11) is 6.33. The van der Waals surface area contributed by atoms with Gasteiger partial charge in [0.15, 0.2) is 0 Å². The Balaban J connectivity index is 2.58. The van der Waals surface area contributed by atoms with Crippen LogP contribution < -0.4 is 0 Å². The molecule has 0 spiro atoms. The number of rotatable bonds is 4. The maximum atomic E-state index is 11.5. The van der Waals surface area contributed by atoms with E-state index < -0.39 is 23.3 Å². The van der Waals surface area contributed by atoms with Gasteiger partial charge in [-0.2, -0.15) is 0 Å². The van der Waals surface area contributed by atoms with Crippen LogP contribution in [-0.4, -0.2) is 5.97 Å². The molecule has 4 heteroatoms. The molecule has 0 saturated carbocycles. The third-order valence-corrected chi connectivity index (χ3v) is 9.31. The summed E-state index contributed by atoms with van der Waals surface area (Å²) in [5.74, 6) is 0.294. The Morgan fingerprint density at radius 1 is 1.00 bits per heavy atom. The Morgan fingerprint density at radius 2 is 1.62 bits per heavy atom. The number of carbonyl (C=O) groups is 1. The molecule has 0 bridgehead atoms. The Hall–Kier alpha value is -1.12. The van der Waals surface area contributed by atoms with Crippen molar-refractivity contribution in [2.24, 2.45) is 0 Å². The van der Waals surface area contributed by atoms with Crippen molar-refractivity contribution in [3.05, 3.63) is 71.3 Å². The normalized spacial score (nSPS) is 11.4. The van der Waals surface area contributed by atoms with E-state index in [9.17, 15) is 4.79 Å². The van der Waals surface area contributed by atoms with Crippen molar-refractivity contribution < 1.29 is 32.9 Å². The van der Waals surface area contributed by atoms with E-state index in [2.05, 4.69) is 0 Å². The molecule has 2 aromatic rings. The fourth-order valence-corrected chi connectivity index (χ4v) is 7.53. The molecule has 0 heterocycles. The van der Waals surface area contributed by atoms with Crippen molar-refractivity contribution in [2.45, 2.75) is 13.8 Å². The molecular weight excluding hydrogens is 472 g/mol. The van der Waals surface area contributed by atoms with Gasteiger partial charge in [-0.1, -0.05) is 0 Å². The van der Waals surface area contributed by atoms with E-state index in [1.807, 2.05) is 61.5 Å². The molecule has 0 fully saturated rings. The van der Waals surface area contributed by atoms with Gasteiger partial charge < -0.3 is 0 Å². The first-order chi connectivity index (χ1) is 10.1. The number of carbonyl (C=O) groups excluding carboxylic acids is 1. The standard InChI is InChI=1S/C17H15O2.ClH.Hg/c1-13-8-10-16(11-9-13)17(19-14(2)18)12-15-6-4-3-5-7-15;;/h3-11H,1-2H3;1H;/q;;+1/p-1. The van der Waals surface area contributed by atoms with E-state index in [-0.39, 0.29) is 5.97 Å². The molecular formula is C17H15ClHgO2. The molecule has 21 heavy (non-hydrogen) atoms. The van der Waals surface area contributed by atoms with Gasteiger partial charge in [0.25, 0.3) is 0 Å². The van der Waals surface area contributed by atoms with Gasteiger partial charge in [0, 0.05) is 0 Å². The molecule has 0 aliphatic carbocycles. The molecule has 2 aromatic carbocycles. The number of benzene rings is 2. The fourth-order valence-electron chi connectivity index (χ4n) is 2.05. The van der Waals surface area contributed by atoms with Crippen LogP contribution in [0.3, 0.4) is 0 Å². The number of ether oxygens (including phenoxy) is 1. The predicted octanol–water partition coefficient (Wildman–Crippen LogP) is 4.62. The van der Waals surface area contributed by atoms with Crippen molar-refractivity contribution in [2.75, 3.05) is 0 Å². The quantitative estimate of drug-likeness (QED) is 0.272. The van der Waals surface area contributed by atoms with E-state index in [1.165, 1.54) is 6.92 Å². The van der Waals surface area contributed by atoms with Crippen LogP contribution in [0.25, 0.3) is 8.84 Å². The third-order valence-electron chi connectivity index (χ3n) is 3.09. The van der Waals surface area contributed by atoms with Gasteiger partial charge in [0.05, 0.1) is 0 Å². The van der Waals surface area contributed by atoms with Crippen LogP contribution in [0.5, 0.6) is 0 Å². The van der Waals surface area contributed by atoms with Crippen molar-refractivity contribution in [3.63, 3.8) is 0 Å². The zero-order chi connectivity index (χ0) is 15.2. The molecule has 2 rings (SSSR count). The van der Waals surface area contributed by atoms with Crippen LogP contribution in [0.15, 0.2) is 54.6 Å². The average Bonchev–Trinajstić information content (AvgIpc) is 2.48. The molecule has 0 aliphatic heterocycles. The van der Waals surface area contributed by atoms with E-state index in [4.69, 9.17) is 13.0 Å². The SMILES string of the molecule is CC(=O)O/C(=[C](/[Hg][Cl])c1ccccc1)c1ccc(C)cc1. The first-order valence-electron chi connectivity index (χ1n) is 6.72. The molecule has 104 valence electrons. The van der Waals surface area contributed by atoms with Crippen LogP contribution >= 0.6 is 8.25 Å². The zero-order valence-corrected chi connectivity index (χ0v) is 18.4. The average molecular weight is 487 g/mol. The maximum absolute atomic E-state index is 11.5. The first-order valence-corrected chi connectivity index (χ1v) is 16.2. The zero-order valence-electron chi connectivity index (χ0n) is 12.1. The topological polar surface area (TPSA) is 26.3 Å². The van der Waals surface area contributed by atoms with Gasteiger partial charge >= 0.3 is 141 Å². The van der Waals surface area contributed by atoms with E-state index in [0.717, 1.165) is 19.8 Å². The molecule has 0 N–H and O–H groups in total. The minimum atomic E-state index is -1.82. The summed E-state index contributed by atoms with van der Waals surface area (Å²) < 4.78 is 6.52. The molecule has 0 saturated heterocycles. The molecule has 0 amide bonds. The Kier molecular flexibility index (Phi) is 6.01. The van der Waals surface area contributed by atoms with Crippen LogP contribution in [0.2, 0.25) is 0 Å². The van der Waals surface area contributed by atoms with Gasteiger partial charge in [-0.15, -0.1) is 0 Å². The van der Waals surface area contributed by atoms with Crippen molar-refractivity contribution in [1.82, 2.24) is 0 Å². The monoisotopic (exact) mass is 488 g/mol. The number of aryl methyl sites for hydroxylation is 1. The summed E-state index contributed by atoms with van der Waals surface area (Å²) in [4.78, 5) is 11.5. The number of hydrogen-bond acceptors (Lipinski definition) is 2. The van der Waals surface area contributed by atoms with Gasteiger partial charge in [-0.05, 0) is 0 Å². The number of hydrogen-bond donors (Lipinski definition) is 0. The van der Waals surface area contributed by atoms with Crippen LogP contribution in [0, 0.1) is 6.92 Å². The minimum absolute atomic E-state index is 0.322. The molecule has 0 radical (unpaired) electrons. The van der Waals surface area contributed by atoms with Crippen molar-refractivity contribution in [3.8, 4) is 0 Å². The number of esters is 1.